The molecule has 1 aliphatic heterocycles. The molecule has 0 aliphatic carbocycles. The van der Waals surface area contributed by atoms with Crippen molar-refractivity contribution in [3.05, 3.63) is 58.6 Å². The van der Waals surface area contributed by atoms with Gasteiger partial charge in [0.2, 0.25) is 0 Å². The van der Waals surface area contributed by atoms with Crippen molar-refractivity contribution in [2.75, 3.05) is 46.6 Å². The molecule has 0 atom stereocenters. The van der Waals surface area contributed by atoms with E-state index in [1.54, 1.807) is 26.2 Å². The van der Waals surface area contributed by atoms with Crippen molar-refractivity contribution in [3.63, 3.8) is 0 Å². The number of hydrogen-bond acceptors (Lipinski definition) is 7. The van der Waals surface area contributed by atoms with Crippen LogP contribution in [0.25, 0.3) is 0 Å². The Hall–Kier alpha value is -1.94. The maximum atomic E-state index is 13.8. The SMILES string of the molecule is CCOC(=O)C1(S(=O)(=O)c2ccc(OCCCc3cccc(Br)c3)cc2)CCN(CCCOC)CC1. The van der Waals surface area contributed by atoms with Crippen molar-refractivity contribution >= 4 is 31.7 Å². The van der Waals surface area contributed by atoms with Gasteiger partial charge in [0.15, 0.2) is 14.6 Å². The third-order valence-corrected chi connectivity index (χ3v) is 9.54. The number of benzene rings is 2. The lowest BCUT2D eigenvalue weighted by atomic mass is 9.95. The summed E-state index contributed by atoms with van der Waals surface area (Å²) >= 11 is 3.48. The van der Waals surface area contributed by atoms with Crippen LogP contribution in [-0.4, -0.2) is 70.6 Å². The third kappa shape index (κ3) is 7.09. The van der Waals surface area contributed by atoms with Gasteiger partial charge in [0.25, 0.3) is 0 Å². The van der Waals surface area contributed by atoms with E-state index in [1.165, 1.54) is 17.7 Å². The van der Waals surface area contributed by atoms with Gasteiger partial charge in [-0.3, -0.25) is 4.79 Å². The molecule has 2 aromatic carbocycles. The Bertz CT molecular complexity index is 1080. The highest BCUT2D eigenvalue weighted by molar-refractivity contribution is 9.10. The second-order valence-corrected chi connectivity index (χ2v) is 12.1. The smallest absolute Gasteiger partial charge is 0.327 e. The van der Waals surface area contributed by atoms with Crippen LogP contribution in [-0.2, 0) is 30.5 Å². The van der Waals surface area contributed by atoms with Crippen LogP contribution in [0.15, 0.2) is 57.9 Å². The standard InChI is InChI=1S/C27H36BrNO6S/c1-3-34-26(30)27(14-17-29(18-15-27)16-6-19-33-2)36(31,32)25-12-10-24(11-13-25)35-20-5-8-22-7-4-9-23(28)21-22/h4,7,9-13,21H,3,5-6,8,14-20H2,1-2H3. The van der Waals surface area contributed by atoms with Crippen LogP contribution in [0, 0.1) is 0 Å². The Balaban J connectivity index is 1.65. The third-order valence-electron chi connectivity index (χ3n) is 6.55. The number of esters is 1. The molecule has 1 heterocycles. The summed E-state index contributed by atoms with van der Waals surface area (Å²) in [6.45, 7) is 4.84. The minimum Gasteiger partial charge on any atom is -0.494 e. The molecule has 36 heavy (non-hydrogen) atoms. The van der Waals surface area contributed by atoms with Gasteiger partial charge >= 0.3 is 5.97 Å². The van der Waals surface area contributed by atoms with Gasteiger partial charge in [0.05, 0.1) is 18.1 Å². The Morgan fingerprint density at radius 1 is 1.06 bits per heavy atom. The monoisotopic (exact) mass is 581 g/mol. The predicted octanol–water partition coefficient (Wildman–Crippen LogP) is 4.67. The molecule has 0 bridgehead atoms. The van der Waals surface area contributed by atoms with Crippen molar-refractivity contribution in [3.8, 4) is 5.75 Å². The normalized spacial score (nSPS) is 16.0. The Kier molecular flexibility index (Phi) is 10.8. The summed E-state index contributed by atoms with van der Waals surface area (Å²) in [5, 5.41) is 0. The van der Waals surface area contributed by atoms with E-state index in [4.69, 9.17) is 14.2 Å². The maximum absolute atomic E-state index is 13.8. The zero-order valence-electron chi connectivity index (χ0n) is 21.1. The second kappa shape index (κ2) is 13.6. The molecule has 0 radical (unpaired) electrons. The average Bonchev–Trinajstić information content (AvgIpc) is 2.87. The molecular formula is C27H36BrNO6S. The lowest BCUT2D eigenvalue weighted by Gasteiger charge is -2.39. The zero-order valence-corrected chi connectivity index (χ0v) is 23.5. The molecule has 0 unspecified atom stereocenters. The summed E-state index contributed by atoms with van der Waals surface area (Å²) in [5.41, 5.74) is 1.23. The highest BCUT2D eigenvalue weighted by atomic mass is 79.9. The molecule has 1 aliphatic rings. The number of methoxy groups -OCH3 is 1. The molecule has 0 saturated carbocycles. The van der Waals surface area contributed by atoms with Gasteiger partial charge in [-0.15, -0.1) is 0 Å². The van der Waals surface area contributed by atoms with Crippen LogP contribution >= 0.6 is 15.9 Å². The summed E-state index contributed by atoms with van der Waals surface area (Å²) in [6, 6.07) is 14.5. The molecule has 3 rings (SSSR count). The van der Waals surface area contributed by atoms with Gasteiger partial charge in [0, 0.05) is 37.8 Å². The van der Waals surface area contributed by atoms with Crippen LogP contribution in [0.4, 0.5) is 0 Å². The van der Waals surface area contributed by atoms with Crippen LogP contribution in [0.3, 0.4) is 0 Å². The van der Waals surface area contributed by atoms with E-state index >= 15 is 0 Å². The lowest BCUT2D eigenvalue weighted by Crippen LogP contribution is -2.55. The van der Waals surface area contributed by atoms with Gasteiger partial charge in [-0.25, -0.2) is 8.42 Å². The van der Waals surface area contributed by atoms with Crippen LogP contribution < -0.4 is 4.74 Å². The van der Waals surface area contributed by atoms with E-state index in [0.717, 1.165) is 30.3 Å². The van der Waals surface area contributed by atoms with Crippen molar-refractivity contribution in [2.45, 2.75) is 48.7 Å². The summed E-state index contributed by atoms with van der Waals surface area (Å²) in [4.78, 5) is 15.3. The first-order chi connectivity index (χ1) is 17.3. The van der Waals surface area contributed by atoms with Crippen LogP contribution in [0.2, 0.25) is 0 Å². The van der Waals surface area contributed by atoms with Gasteiger partial charge in [-0.05, 0) is 81.0 Å². The number of ether oxygens (including phenoxy) is 3. The van der Waals surface area contributed by atoms with Crippen molar-refractivity contribution in [1.29, 1.82) is 0 Å². The number of piperidine rings is 1. The lowest BCUT2D eigenvalue weighted by molar-refractivity contribution is -0.147. The molecule has 1 fully saturated rings. The zero-order chi connectivity index (χ0) is 26.0. The number of carbonyl (C=O) groups excluding carboxylic acids is 1. The Morgan fingerprint density at radius 2 is 1.78 bits per heavy atom. The van der Waals surface area contributed by atoms with Crippen LogP contribution in [0.1, 0.15) is 38.2 Å². The van der Waals surface area contributed by atoms with E-state index in [2.05, 4.69) is 33.0 Å². The molecule has 0 aromatic heterocycles. The minimum absolute atomic E-state index is 0.116. The van der Waals surface area contributed by atoms with Gasteiger partial charge in [0.1, 0.15) is 5.75 Å². The molecule has 7 nitrogen and oxygen atoms in total. The molecular weight excluding hydrogens is 546 g/mol. The maximum Gasteiger partial charge on any atom is 0.327 e. The fourth-order valence-electron chi connectivity index (χ4n) is 4.51. The fraction of sp³-hybridized carbons (Fsp3) is 0.519. The average molecular weight is 583 g/mol. The topological polar surface area (TPSA) is 82.1 Å². The summed E-state index contributed by atoms with van der Waals surface area (Å²) in [6.07, 6.45) is 2.99. The first-order valence-corrected chi connectivity index (χ1v) is 14.7. The predicted molar refractivity (Wildman–Crippen MR) is 143 cm³/mol. The van der Waals surface area contributed by atoms with E-state index in [0.29, 0.717) is 32.1 Å². The number of halogens is 1. The van der Waals surface area contributed by atoms with Crippen molar-refractivity contribution in [1.82, 2.24) is 4.90 Å². The molecule has 1 saturated heterocycles. The fourth-order valence-corrected chi connectivity index (χ4v) is 6.91. The molecule has 0 N–H and O–H groups in total. The van der Waals surface area contributed by atoms with Gasteiger partial charge in [-0.1, -0.05) is 28.1 Å². The number of aryl methyl sites for hydroxylation is 1. The van der Waals surface area contributed by atoms with E-state index in [1.807, 2.05) is 12.1 Å². The number of hydrogen-bond donors (Lipinski definition) is 0. The number of nitrogens with zero attached hydrogens (tertiary/aromatic N) is 1. The second-order valence-electron chi connectivity index (χ2n) is 8.96. The summed E-state index contributed by atoms with van der Waals surface area (Å²) in [5.74, 6) is -0.0595. The van der Waals surface area contributed by atoms with E-state index in [9.17, 15) is 13.2 Å². The Morgan fingerprint density at radius 3 is 2.42 bits per heavy atom. The molecule has 9 heteroatoms. The van der Waals surface area contributed by atoms with Crippen molar-refractivity contribution in [2.24, 2.45) is 0 Å². The van der Waals surface area contributed by atoms with Crippen molar-refractivity contribution < 1.29 is 27.4 Å². The van der Waals surface area contributed by atoms with Gasteiger partial charge in [-0.2, -0.15) is 0 Å². The van der Waals surface area contributed by atoms with E-state index in [-0.39, 0.29) is 24.3 Å². The van der Waals surface area contributed by atoms with Crippen LogP contribution in [0.5, 0.6) is 5.75 Å². The molecule has 2 aromatic rings. The number of likely N-dealkylation sites (tertiary alicyclic amines) is 1. The largest absolute Gasteiger partial charge is 0.494 e. The minimum atomic E-state index is -3.96. The number of sulfone groups is 1. The molecule has 0 amide bonds. The quantitative estimate of drug-likeness (QED) is 0.251. The number of rotatable bonds is 13. The highest BCUT2D eigenvalue weighted by Crippen LogP contribution is 2.37. The Labute approximate surface area is 223 Å². The first-order valence-electron chi connectivity index (χ1n) is 12.4. The number of carbonyl (C=O) groups is 1. The summed E-state index contributed by atoms with van der Waals surface area (Å²) in [7, 11) is -2.30. The summed E-state index contributed by atoms with van der Waals surface area (Å²) < 4.78 is 43.2. The van der Waals surface area contributed by atoms with Gasteiger partial charge < -0.3 is 19.1 Å². The first kappa shape index (κ1) is 28.6. The molecule has 0 spiro atoms. The van der Waals surface area contributed by atoms with E-state index < -0.39 is 20.6 Å². The highest BCUT2D eigenvalue weighted by Gasteiger charge is 2.54. The molecule has 198 valence electrons.